The van der Waals surface area contributed by atoms with Crippen molar-refractivity contribution in [2.24, 2.45) is 23.2 Å². The van der Waals surface area contributed by atoms with Crippen LogP contribution in [0, 0.1) is 23.2 Å². The molecule has 1 aromatic rings. The maximum absolute atomic E-state index is 11.2. The van der Waals surface area contributed by atoms with Gasteiger partial charge in [0.05, 0.1) is 29.9 Å². The molecule has 5 heteroatoms. The van der Waals surface area contributed by atoms with Gasteiger partial charge in [0, 0.05) is 12.8 Å². The van der Waals surface area contributed by atoms with Crippen LogP contribution < -0.4 is 0 Å². The molecule has 4 fully saturated rings. The number of aryl methyl sites for hydroxylation is 1. The average molecular weight is 536 g/mol. The van der Waals surface area contributed by atoms with Crippen molar-refractivity contribution < 1.29 is 19.7 Å². The van der Waals surface area contributed by atoms with Crippen LogP contribution >= 0.6 is 0 Å². The molecule has 1 aromatic heterocycles. The molecule has 4 aliphatic carbocycles. The Morgan fingerprint density at radius 3 is 2.72 bits per heavy atom. The highest BCUT2D eigenvalue weighted by Crippen LogP contribution is 2.60. The third-order valence-electron chi connectivity index (χ3n) is 10.6. The molecule has 0 amide bonds. The Kier molecular flexibility index (Phi) is 8.43. The molecule has 4 saturated carbocycles. The lowest BCUT2D eigenvalue weighted by atomic mass is 9.61. The van der Waals surface area contributed by atoms with Crippen LogP contribution in [0.15, 0.2) is 58.2 Å². The van der Waals surface area contributed by atoms with E-state index < -0.39 is 18.3 Å². The molecule has 0 unspecified atom stereocenters. The van der Waals surface area contributed by atoms with Crippen LogP contribution in [0.3, 0.4) is 0 Å². The minimum absolute atomic E-state index is 0.244. The Balaban J connectivity index is 1.26. The number of aromatic nitrogens is 1. The molecule has 5 rings (SSSR count). The molecule has 214 valence electrons. The van der Waals surface area contributed by atoms with Crippen molar-refractivity contribution in [2.45, 2.75) is 122 Å². The number of allylic oxidation sites excluding steroid dienone is 4. The fourth-order valence-corrected chi connectivity index (χ4v) is 7.98. The molecule has 0 radical (unpaired) electrons. The fraction of sp³-hybridized carbons (Fsp3) is 0.676. The van der Waals surface area contributed by atoms with Crippen LogP contribution in [0.5, 0.6) is 0 Å². The maximum Gasteiger partial charge on any atom is 0.203 e. The van der Waals surface area contributed by atoms with Crippen LogP contribution in [-0.2, 0) is 11.8 Å². The molecule has 7 atom stereocenters. The topological polar surface area (TPSA) is 86.7 Å². The van der Waals surface area contributed by atoms with Crippen LogP contribution in [0.25, 0.3) is 0 Å². The first kappa shape index (κ1) is 28.6. The minimum atomic E-state index is -0.643. The van der Waals surface area contributed by atoms with Crippen LogP contribution in [0.4, 0.5) is 0 Å². The van der Waals surface area contributed by atoms with Crippen molar-refractivity contribution >= 4 is 0 Å². The number of rotatable bonds is 9. The van der Waals surface area contributed by atoms with Crippen molar-refractivity contribution in [1.29, 1.82) is 0 Å². The van der Waals surface area contributed by atoms with Gasteiger partial charge in [0.1, 0.15) is 5.76 Å². The molecule has 0 aromatic carbocycles. The summed E-state index contributed by atoms with van der Waals surface area (Å²) in [6.45, 7) is 11.1. The van der Waals surface area contributed by atoms with E-state index in [1.54, 1.807) is 0 Å². The van der Waals surface area contributed by atoms with Crippen molar-refractivity contribution in [3.8, 4) is 0 Å². The first-order valence-electron chi connectivity index (χ1n) is 15.4. The zero-order valence-corrected chi connectivity index (χ0v) is 24.2. The Morgan fingerprint density at radius 2 is 1.97 bits per heavy atom. The first-order valence-corrected chi connectivity index (χ1v) is 15.4. The summed E-state index contributed by atoms with van der Waals surface area (Å²) in [7, 11) is 0. The summed E-state index contributed by atoms with van der Waals surface area (Å²) in [6.07, 6.45) is 20.7. The molecule has 0 spiro atoms. The summed E-state index contributed by atoms with van der Waals surface area (Å²) in [5, 5.41) is 31.6. The van der Waals surface area contributed by atoms with E-state index in [0.29, 0.717) is 36.5 Å². The van der Waals surface area contributed by atoms with E-state index in [9.17, 15) is 15.3 Å². The number of aliphatic hydroxyl groups is 3. The van der Waals surface area contributed by atoms with Gasteiger partial charge in [-0.3, -0.25) is 0 Å². The highest BCUT2D eigenvalue weighted by atomic mass is 16.4. The molecule has 1 heterocycles. The van der Waals surface area contributed by atoms with Gasteiger partial charge in [0.2, 0.25) is 5.89 Å². The zero-order valence-electron chi connectivity index (χ0n) is 24.2. The third kappa shape index (κ3) is 5.64. The van der Waals surface area contributed by atoms with Gasteiger partial charge in [0.25, 0.3) is 0 Å². The molecule has 39 heavy (non-hydrogen) atoms. The van der Waals surface area contributed by atoms with Gasteiger partial charge in [0.15, 0.2) is 0 Å². The van der Waals surface area contributed by atoms with E-state index in [0.717, 1.165) is 55.4 Å². The number of unbranched alkanes of at least 4 members (excludes halogenated alkanes) is 1. The maximum atomic E-state index is 11.2. The van der Waals surface area contributed by atoms with E-state index in [-0.39, 0.29) is 10.8 Å². The van der Waals surface area contributed by atoms with Gasteiger partial charge in [-0.1, -0.05) is 63.6 Å². The number of oxazole rings is 1. The third-order valence-corrected chi connectivity index (χ3v) is 10.6. The van der Waals surface area contributed by atoms with Crippen LogP contribution in [0.2, 0.25) is 0 Å². The molecule has 0 saturated heterocycles. The minimum Gasteiger partial charge on any atom is -0.445 e. The molecule has 3 N–H and O–H groups in total. The summed E-state index contributed by atoms with van der Waals surface area (Å²) in [6, 6.07) is 0. The van der Waals surface area contributed by atoms with E-state index in [1.165, 1.54) is 31.3 Å². The number of fused-ring (bicyclic) bond motifs is 1. The normalized spacial score (nSPS) is 36.0. The Bertz CT molecular complexity index is 1120. The van der Waals surface area contributed by atoms with E-state index in [4.69, 9.17) is 4.42 Å². The quantitative estimate of drug-likeness (QED) is 0.305. The number of nitrogens with zero attached hydrogens (tertiary/aromatic N) is 1. The summed E-state index contributed by atoms with van der Waals surface area (Å²) in [5.41, 5.74) is 3.15. The van der Waals surface area contributed by atoms with E-state index >= 15 is 0 Å². The lowest BCUT2D eigenvalue weighted by Gasteiger charge is -2.44. The predicted octanol–water partition coefficient (Wildman–Crippen LogP) is 6.74. The summed E-state index contributed by atoms with van der Waals surface area (Å²) in [5.74, 6) is 3.17. The molecular weight excluding hydrogens is 486 g/mol. The summed E-state index contributed by atoms with van der Waals surface area (Å²) in [4.78, 5) is 4.56. The van der Waals surface area contributed by atoms with Gasteiger partial charge >= 0.3 is 0 Å². The monoisotopic (exact) mass is 535 g/mol. The second-order valence-corrected chi connectivity index (χ2v) is 13.2. The highest BCUT2D eigenvalue weighted by molar-refractivity contribution is 5.38. The number of hydrogen-bond donors (Lipinski definition) is 3. The number of aliphatic hydroxyl groups excluding tert-OH is 3. The van der Waals surface area contributed by atoms with Gasteiger partial charge in [-0.25, -0.2) is 4.98 Å². The van der Waals surface area contributed by atoms with Crippen LogP contribution in [-0.4, -0.2) is 38.6 Å². The molecule has 0 bridgehead atoms. The Hall–Kier alpha value is -1.95. The molecular formula is C34H49NO4. The van der Waals surface area contributed by atoms with Crippen molar-refractivity contribution in [3.05, 3.63) is 65.5 Å². The molecule has 4 aliphatic rings. The van der Waals surface area contributed by atoms with Crippen molar-refractivity contribution in [3.63, 3.8) is 0 Å². The SMILES string of the molecule is C=C1C(=CC=C2CCC[C@]3(C)[C@@H]([C@@H](C)C=C[C@H](O)C4(c5ncc(CCCC)o5)CC4)CC[C@@H]23)C[C@@H](O)C[C@@H]1O. The first-order chi connectivity index (χ1) is 18.7. The zero-order chi connectivity index (χ0) is 27.8. The van der Waals surface area contributed by atoms with E-state index in [1.807, 2.05) is 12.3 Å². The average Bonchev–Trinajstić information content (AvgIpc) is 3.44. The van der Waals surface area contributed by atoms with E-state index in [2.05, 4.69) is 50.6 Å². The molecule has 0 aliphatic heterocycles. The number of hydrogen-bond acceptors (Lipinski definition) is 5. The van der Waals surface area contributed by atoms with Crippen molar-refractivity contribution in [2.75, 3.05) is 0 Å². The Morgan fingerprint density at radius 1 is 1.18 bits per heavy atom. The lowest BCUT2D eigenvalue weighted by Crippen LogP contribution is -2.35. The summed E-state index contributed by atoms with van der Waals surface area (Å²) >= 11 is 0. The van der Waals surface area contributed by atoms with Crippen LogP contribution in [0.1, 0.15) is 103 Å². The van der Waals surface area contributed by atoms with Gasteiger partial charge in [-0.2, -0.15) is 0 Å². The smallest absolute Gasteiger partial charge is 0.203 e. The predicted molar refractivity (Wildman–Crippen MR) is 155 cm³/mol. The van der Waals surface area contributed by atoms with Gasteiger partial charge < -0.3 is 19.7 Å². The fourth-order valence-electron chi connectivity index (χ4n) is 7.98. The van der Waals surface area contributed by atoms with Gasteiger partial charge in [-0.05, 0) is 92.1 Å². The largest absolute Gasteiger partial charge is 0.445 e. The highest BCUT2D eigenvalue weighted by Gasteiger charge is 2.54. The van der Waals surface area contributed by atoms with Crippen molar-refractivity contribution in [1.82, 2.24) is 4.98 Å². The molecule has 5 nitrogen and oxygen atoms in total. The van der Waals surface area contributed by atoms with Gasteiger partial charge in [-0.15, -0.1) is 0 Å². The second kappa shape index (κ2) is 11.5. The summed E-state index contributed by atoms with van der Waals surface area (Å²) < 4.78 is 6.08. The second-order valence-electron chi connectivity index (χ2n) is 13.2. The standard InChI is InChI=1S/C34H49NO4/c1-5-6-9-27-21-35-32(39-27)34(17-18-34)31(38)15-10-22(2)28-13-14-29-24(8-7-16-33(28,29)4)11-12-25-19-26(36)20-30(37)23(25)3/h10-12,15,21-22,26,28-31,36-38H,3,5-9,13-14,16-20H2,1-2,4H3/t22-,26+,28+,29-,30-,31-,33+/m0/s1. The lowest BCUT2D eigenvalue weighted by molar-refractivity contribution is 0.0862. The Labute approximate surface area is 234 Å².